The molecular weight excluding hydrogens is 1090 g/mol. The first-order chi connectivity index (χ1) is 39.2. The van der Waals surface area contributed by atoms with Crippen molar-refractivity contribution in [3.05, 3.63) is 236 Å². The third kappa shape index (κ3) is 7.79. The summed E-state index contributed by atoms with van der Waals surface area (Å²) in [6.07, 6.45) is 5.43. The zero-order valence-corrected chi connectivity index (χ0v) is 43.7. The predicted octanol–water partition coefficient (Wildman–Crippen LogP) is 14.7. The molecule has 4 heterocycles. The van der Waals surface area contributed by atoms with E-state index in [0.717, 1.165) is 71.3 Å². The van der Waals surface area contributed by atoms with E-state index >= 15 is 0 Å². The Morgan fingerprint density at radius 2 is 1.25 bits per heavy atom. The van der Waals surface area contributed by atoms with Crippen molar-refractivity contribution in [1.29, 1.82) is 0 Å². The molecule has 0 N–H and O–H groups in total. The summed E-state index contributed by atoms with van der Waals surface area (Å²) in [6.45, 7) is 11.1. The maximum Gasteiger partial charge on any atom is 0.268 e. The normalized spacial score (nSPS) is 14.6. The second-order valence-corrected chi connectivity index (χ2v) is 24.0. The van der Waals surface area contributed by atoms with Crippen molar-refractivity contribution in [2.75, 3.05) is 0 Å². The van der Waals surface area contributed by atoms with Gasteiger partial charge < -0.3 is 13.9 Å². The molecule has 3 aromatic heterocycles. The first-order valence-electron chi connectivity index (χ1n) is 28.9. The molecule has 0 atom stereocenters. The van der Waals surface area contributed by atoms with E-state index in [0.29, 0.717) is 22.7 Å². The molecule has 0 fully saturated rings. The summed E-state index contributed by atoms with van der Waals surface area (Å²) in [7, 11) is -2.60. The van der Waals surface area contributed by atoms with E-state index < -0.39 is 68.5 Å². The van der Waals surface area contributed by atoms with Crippen molar-refractivity contribution in [3.8, 4) is 73.2 Å². The third-order valence-corrected chi connectivity index (χ3v) is 17.4. The summed E-state index contributed by atoms with van der Waals surface area (Å²) in [4.78, 5) is 5.03. The number of fused-ring (bicyclic) bond motifs is 5. The number of pyridine rings is 1. The summed E-state index contributed by atoms with van der Waals surface area (Å²) in [5.74, 6) is 1.57. The van der Waals surface area contributed by atoms with Gasteiger partial charge in [-0.1, -0.05) is 202 Å². The molecule has 0 aliphatic carbocycles. The van der Waals surface area contributed by atoms with Gasteiger partial charge in [0, 0.05) is 52.4 Å². The van der Waals surface area contributed by atoms with Gasteiger partial charge in [-0.25, -0.2) is 4.98 Å². The molecule has 0 radical (unpaired) electrons. The second kappa shape index (κ2) is 18.0. The van der Waals surface area contributed by atoms with Gasteiger partial charge in [0.15, 0.2) is 0 Å². The minimum Gasteiger partial charge on any atom is -0.510 e. The molecule has 0 bridgehead atoms. The average molecular weight is 1150 g/mol. The van der Waals surface area contributed by atoms with Crippen molar-refractivity contribution in [2.45, 2.75) is 39.3 Å². The van der Waals surface area contributed by atoms with Crippen LogP contribution in [0.1, 0.15) is 40.0 Å². The van der Waals surface area contributed by atoms with E-state index in [1.54, 1.807) is 22.8 Å². The van der Waals surface area contributed by atoms with E-state index in [1.165, 1.54) is 0 Å². The van der Waals surface area contributed by atoms with Crippen LogP contribution in [0.5, 0.6) is 11.5 Å². The number of nitrogens with zero attached hydrogens (tertiary/aromatic N) is 4. The van der Waals surface area contributed by atoms with Crippen LogP contribution in [0, 0.1) is 18.5 Å². The number of imidazole rings is 1. The number of hydrogen-bond donors (Lipinski definition) is 0. The molecule has 1 aliphatic heterocycles. The Morgan fingerprint density at radius 1 is 0.603 bits per heavy atom. The summed E-state index contributed by atoms with van der Waals surface area (Å²) in [6, 6.07) is 50.4. The number of benzene rings is 9. The predicted molar refractivity (Wildman–Crippen MR) is 297 cm³/mol. The summed E-state index contributed by atoms with van der Waals surface area (Å²) >= 11 is 0. The zero-order chi connectivity index (χ0) is 57.4. The quantitative estimate of drug-likeness (QED) is 0.0863. The van der Waals surface area contributed by atoms with Gasteiger partial charge in [-0.3, -0.25) is 4.57 Å². The summed E-state index contributed by atoms with van der Waals surface area (Å²) in [5.41, 5.74) is 9.25. The molecule has 12 aromatic rings. The number of ether oxygens (including phenoxy) is 1. The van der Waals surface area contributed by atoms with Crippen molar-refractivity contribution in [1.82, 2.24) is 14.1 Å². The van der Waals surface area contributed by atoms with Crippen LogP contribution in [0.4, 0.5) is 0 Å². The number of para-hydroxylation sites is 2. The largest absolute Gasteiger partial charge is 0.510 e. The fourth-order valence-corrected chi connectivity index (χ4v) is 13.3. The van der Waals surface area contributed by atoms with E-state index in [1.807, 2.05) is 47.2 Å². The zero-order valence-electron chi connectivity index (χ0n) is 50.4. The van der Waals surface area contributed by atoms with E-state index in [2.05, 4.69) is 148 Å². The first-order valence-corrected chi connectivity index (χ1v) is 26.9. The van der Waals surface area contributed by atoms with Gasteiger partial charge >= 0.3 is 0 Å². The Kier molecular flexibility index (Phi) is 8.90. The van der Waals surface area contributed by atoms with Crippen LogP contribution < -0.4 is 19.7 Å². The van der Waals surface area contributed by atoms with Crippen LogP contribution in [0.2, 0.25) is 13.1 Å². The van der Waals surface area contributed by atoms with Gasteiger partial charge in [-0.2, -0.15) is 12.1 Å². The van der Waals surface area contributed by atoms with E-state index in [-0.39, 0.29) is 54.4 Å². The van der Waals surface area contributed by atoms with Crippen LogP contribution in [-0.2, 0) is 26.5 Å². The maximum atomic E-state index is 9.17. The smallest absolute Gasteiger partial charge is 0.268 e. The summed E-state index contributed by atoms with van der Waals surface area (Å²) in [5, 5.41) is 4.08. The minimum absolute atomic E-state index is 0. The Morgan fingerprint density at radius 3 is 1.93 bits per heavy atom. The molecule has 1 aliphatic rings. The average Bonchev–Trinajstić information content (AvgIpc) is 1.96. The molecule has 13 rings (SSSR count). The van der Waals surface area contributed by atoms with Gasteiger partial charge in [0.05, 0.1) is 30.4 Å². The Labute approximate surface area is 456 Å². The Balaban J connectivity index is 0.00000680. The molecule has 9 aromatic carbocycles. The van der Waals surface area contributed by atoms with Gasteiger partial charge in [0.25, 0.3) is 6.33 Å². The second-order valence-electron chi connectivity index (χ2n) is 19.7. The number of aromatic nitrogens is 4. The van der Waals surface area contributed by atoms with Crippen molar-refractivity contribution >= 4 is 51.3 Å². The fraction of sp³-hybridized carbons (Fsp3) is 0.0909. The maximum absolute atomic E-state index is 9.17. The molecule has 7 heteroatoms. The minimum atomic E-state index is -2.60. The molecule has 0 saturated heterocycles. The molecule has 0 saturated carbocycles. The molecule has 0 unspecified atom stereocenters. The van der Waals surface area contributed by atoms with Crippen molar-refractivity contribution < 1.29 is 44.1 Å². The monoisotopic (exact) mass is 1150 g/mol. The molecule has 5 nitrogen and oxygen atoms in total. The number of rotatable bonds is 8. The number of hydrogen-bond acceptors (Lipinski definition) is 2. The standard InChI is InChI=1S/C66H50N4OSi.Pt/c1-66(2,3)49-36-37-67-62(40-49)70-57-41-50(32-34-54(57)63-55(47-26-16-9-17-27-47)38-48(39-59(63)70)44-20-10-6-11-21-44)71-51-33-35-60-58(42-51)69-43-68(56-30-19-31-61(65(56)69)72(60,4)5)64-52(45-22-12-7-13-23-45)28-18-29-53(64)46-24-14-8-15-25-46;/h6-40H,1-5H3;/q-2;/i7D,8D,12D,13D,14D,15D,22D,23D,24D,25D;. The van der Waals surface area contributed by atoms with Crippen LogP contribution in [0.3, 0.4) is 0 Å². The molecule has 0 spiro atoms. The van der Waals surface area contributed by atoms with Gasteiger partial charge in [0.1, 0.15) is 5.82 Å². The Bertz CT molecular complexity index is 4550. The van der Waals surface area contributed by atoms with Crippen LogP contribution in [-0.4, -0.2) is 22.2 Å². The fourth-order valence-electron chi connectivity index (χ4n) is 10.4. The van der Waals surface area contributed by atoms with Crippen LogP contribution in [0.25, 0.3) is 94.5 Å². The molecule has 356 valence electrons. The SMILES string of the molecule is [2H]c1c([2H])c([2H])c(-c2cccc(-c3c([2H])c([2H])c([2H])c([2H])c3[2H])c2-[n+]2[c-]n3c4c(cccc42)[Si](C)(C)c2ccc(Oc4[c-]c5c(cc4)c4c(-c6ccccc6)cc(-c6ccccc6)cc4n5-c4cc(C(C)(C)C)ccn4)[c-]c2-3)c([2H])c1[2H].[Pt]. The first kappa shape index (κ1) is 36.1. The van der Waals surface area contributed by atoms with Crippen LogP contribution in [0.15, 0.2) is 212 Å². The third-order valence-electron chi connectivity index (χ3n) is 13.9. The summed E-state index contributed by atoms with van der Waals surface area (Å²) < 4.78 is 101. The van der Waals surface area contributed by atoms with E-state index in [9.17, 15) is 0 Å². The van der Waals surface area contributed by atoms with Crippen molar-refractivity contribution in [2.24, 2.45) is 0 Å². The van der Waals surface area contributed by atoms with Crippen LogP contribution >= 0.6 is 0 Å². The van der Waals surface area contributed by atoms with Crippen molar-refractivity contribution in [3.63, 3.8) is 0 Å². The van der Waals surface area contributed by atoms with Gasteiger partial charge in [0.2, 0.25) is 0 Å². The molecular formula is C66H50N4OPtSi-2. The topological polar surface area (TPSA) is 35.9 Å². The van der Waals surface area contributed by atoms with E-state index in [4.69, 9.17) is 23.4 Å². The van der Waals surface area contributed by atoms with Gasteiger partial charge in [-0.15, -0.1) is 34.8 Å². The molecule has 0 amide bonds. The molecule has 73 heavy (non-hydrogen) atoms. The Hall–Kier alpha value is -7.89. The van der Waals surface area contributed by atoms with Gasteiger partial charge in [-0.05, 0) is 90.8 Å².